The standard InChI is InChI=1S/C21H21FN2O4/c1-2-21(25)24(11-15-5-3-4-6-17(15)22)12-16-10-18(23-28-16)14-7-8-19-20(9-14)27-13-26-19/h3-9,16H,2,10-13H2,1H3. The molecular formula is C21H21FN2O4. The van der Waals surface area contributed by atoms with Crippen LogP contribution in [0.3, 0.4) is 0 Å². The van der Waals surface area contributed by atoms with Gasteiger partial charge < -0.3 is 19.2 Å². The lowest BCUT2D eigenvalue weighted by Gasteiger charge is -2.24. The van der Waals surface area contributed by atoms with E-state index in [0.717, 1.165) is 11.3 Å². The van der Waals surface area contributed by atoms with Crippen molar-refractivity contribution in [2.75, 3.05) is 13.3 Å². The fourth-order valence-electron chi connectivity index (χ4n) is 3.33. The minimum Gasteiger partial charge on any atom is -0.454 e. The fourth-order valence-corrected chi connectivity index (χ4v) is 3.33. The Kier molecular flexibility index (Phi) is 5.14. The Labute approximate surface area is 162 Å². The summed E-state index contributed by atoms with van der Waals surface area (Å²) in [5.74, 6) is 1.03. The van der Waals surface area contributed by atoms with Crippen molar-refractivity contribution in [3.63, 3.8) is 0 Å². The maximum Gasteiger partial charge on any atom is 0.231 e. The number of ether oxygens (including phenoxy) is 2. The zero-order chi connectivity index (χ0) is 19.5. The molecule has 2 aliphatic heterocycles. The van der Waals surface area contributed by atoms with Crippen LogP contribution in [0.5, 0.6) is 11.5 Å². The van der Waals surface area contributed by atoms with Gasteiger partial charge in [0, 0.05) is 30.5 Å². The van der Waals surface area contributed by atoms with Crippen LogP contribution in [-0.2, 0) is 16.2 Å². The first-order valence-corrected chi connectivity index (χ1v) is 9.28. The van der Waals surface area contributed by atoms with Gasteiger partial charge in [-0.3, -0.25) is 4.79 Å². The van der Waals surface area contributed by atoms with Gasteiger partial charge in [-0.2, -0.15) is 0 Å². The van der Waals surface area contributed by atoms with E-state index in [1.54, 1.807) is 30.0 Å². The highest BCUT2D eigenvalue weighted by Crippen LogP contribution is 2.33. The Morgan fingerprint density at radius 1 is 1.21 bits per heavy atom. The molecule has 0 N–H and O–H groups in total. The Hall–Kier alpha value is -3.09. The number of nitrogens with zero attached hydrogens (tertiary/aromatic N) is 2. The summed E-state index contributed by atoms with van der Waals surface area (Å²) in [6.45, 7) is 2.56. The van der Waals surface area contributed by atoms with E-state index in [9.17, 15) is 9.18 Å². The molecule has 4 rings (SSSR count). The van der Waals surface area contributed by atoms with Crippen LogP contribution in [0, 0.1) is 5.82 Å². The molecule has 6 nitrogen and oxygen atoms in total. The van der Waals surface area contributed by atoms with E-state index in [0.29, 0.717) is 36.4 Å². The molecule has 2 heterocycles. The topological polar surface area (TPSA) is 60.4 Å². The van der Waals surface area contributed by atoms with Crippen molar-refractivity contribution in [1.82, 2.24) is 4.90 Å². The Balaban J connectivity index is 1.43. The molecule has 0 aromatic heterocycles. The van der Waals surface area contributed by atoms with E-state index < -0.39 is 0 Å². The molecule has 0 fully saturated rings. The maximum absolute atomic E-state index is 14.0. The van der Waals surface area contributed by atoms with E-state index >= 15 is 0 Å². The van der Waals surface area contributed by atoms with Gasteiger partial charge in [-0.25, -0.2) is 4.39 Å². The minimum atomic E-state index is -0.318. The molecule has 1 amide bonds. The molecule has 146 valence electrons. The average Bonchev–Trinajstić information content (AvgIpc) is 3.37. The molecular weight excluding hydrogens is 363 g/mol. The van der Waals surface area contributed by atoms with Crippen molar-refractivity contribution >= 4 is 11.6 Å². The minimum absolute atomic E-state index is 0.0524. The van der Waals surface area contributed by atoms with Crippen LogP contribution >= 0.6 is 0 Å². The van der Waals surface area contributed by atoms with Crippen molar-refractivity contribution in [3.8, 4) is 11.5 Å². The molecule has 2 aromatic rings. The van der Waals surface area contributed by atoms with E-state index in [-0.39, 0.29) is 31.2 Å². The molecule has 1 unspecified atom stereocenters. The van der Waals surface area contributed by atoms with Gasteiger partial charge in [0.25, 0.3) is 0 Å². The van der Waals surface area contributed by atoms with Gasteiger partial charge in [0.2, 0.25) is 12.7 Å². The molecule has 0 saturated heterocycles. The highest BCUT2D eigenvalue weighted by molar-refractivity contribution is 6.01. The largest absolute Gasteiger partial charge is 0.454 e. The van der Waals surface area contributed by atoms with Gasteiger partial charge >= 0.3 is 0 Å². The molecule has 0 radical (unpaired) electrons. The summed E-state index contributed by atoms with van der Waals surface area (Å²) in [6, 6.07) is 12.1. The van der Waals surface area contributed by atoms with Crippen LogP contribution < -0.4 is 9.47 Å². The summed E-state index contributed by atoms with van der Waals surface area (Å²) in [5, 5.41) is 4.18. The second kappa shape index (κ2) is 7.88. The van der Waals surface area contributed by atoms with Crippen LogP contribution in [0.1, 0.15) is 30.9 Å². The van der Waals surface area contributed by atoms with Crippen molar-refractivity contribution in [3.05, 3.63) is 59.4 Å². The molecule has 2 aromatic carbocycles. The van der Waals surface area contributed by atoms with E-state index in [1.165, 1.54) is 6.07 Å². The molecule has 0 spiro atoms. The first kappa shape index (κ1) is 18.3. The van der Waals surface area contributed by atoms with Crippen LogP contribution in [0.15, 0.2) is 47.6 Å². The lowest BCUT2D eigenvalue weighted by Crippen LogP contribution is -2.37. The maximum atomic E-state index is 14.0. The summed E-state index contributed by atoms with van der Waals surface area (Å²) in [6.07, 6.45) is 0.629. The summed E-state index contributed by atoms with van der Waals surface area (Å²) in [4.78, 5) is 19.6. The van der Waals surface area contributed by atoms with Crippen molar-refractivity contribution in [1.29, 1.82) is 0 Å². The fraction of sp³-hybridized carbons (Fsp3) is 0.333. The number of oxime groups is 1. The highest BCUT2D eigenvalue weighted by atomic mass is 19.1. The van der Waals surface area contributed by atoms with Crippen molar-refractivity contribution < 1.29 is 23.5 Å². The summed E-state index contributed by atoms with van der Waals surface area (Å²) >= 11 is 0. The van der Waals surface area contributed by atoms with E-state index in [2.05, 4.69) is 5.16 Å². The van der Waals surface area contributed by atoms with Gasteiger partial charge in [-0.15, -0.1) is 0 Å². The summed E-state index contributed by atoms with van der Waals surface area (Å²) in [5.41, 5.74) is 2.17. The number of hydrogen-bond acceptors (Lipinski definition) is 5. The number of hydrogen-bond donors (Lipinski definition) is 0. The van der Waals surface area contributed by atoms with E-state index in [1.807, 2.05) is 18.2 Å². The van der Waals surface area contributed by atoms with Crippen LogP contribution in [0.4, 0.5) is 4.39 Å². The Morgan fingerprint density at radius 2 is 2.04 bits per heavy atom. The zero-order valence-electron chi connectivity index (χ0n) is 15.6. The second-order valence-electron chi connectivity index (χ2n) is 6.76. The molecule has 0 aliphatic carbocycles. The first-order chi connectivity index (χ1) is 13.6. The number of halogens is 1. The number of carbonyl (C=O) groups excluding carboxylic acids is 1. The normalized spacial score (nSPS) is 17.2. The number of benzene rings is 2. The third-order valence-electron chi connectivity index (χ3n) is 4.84. The third-order valence-corrected chi connectivity index (χ3v) is 4.84. The number of fused-ring (bicyclic) bond motifs is 1. The molecule has 1 atom stereocenters. The quantitative estimate of drug-likeness (QED) is 0.765. The van der Waals surface area contributed by atoms with E-state index in [4.69, 9.17) is 14.3 Å². The predicted molar refractivity (Wildman–Crippen MR) is 101 cm³/mol. The monoisotopic (exact) mass is 384 g/mol. The summed E-state index contributed by atoms with van der Waals surface area (Å²) in [7, 11) is 0. The average molecular weight is 384 g/mol. The molecule has 0 bridgehead atoms. The highest BCUT2D eigenvalue weighted by Gasteiger charge is 2.27. The predicted octanol–water partition coefficient (Wildman–Crippen LogP) is 3.49. The lowest BCUT2D eigenvalue weighted by atomic mass is 10.0. The Bertz CT molecular complexity index is 915. The number of rotatable bonds is 6. The van der Waals surface area contributed by atoms with Crippen LogP contribution in [-0.4, -0.2) is 36.0 Å². The Morgan fingerprint density at radius 3 is 2.86 bits per heavy atom. The van der Waals surface area contributed by atoms with Crippen molar-refractivity contribution in [2.45, 2.75) is 32.4 Å². The van der Waals surface area contributed by atoms with Gasteiger partial charge in [-0.1, -0.05) is 30.3 Å². The number of carbonyl (C=O) groups is 1. The SMILES string of the molecule is CCC(=O)N(Cc1ccccc1F)CC1CC(c2ccc3c(c2)OCO3)=NO1. The second-order valence-corrected chi connectivity index (χ2v) is 6.76. The molecule has 28 heavy (non-hydrogen) atoms. The van der Waals surface area contributed by atoms with Crippen molar-refractivity contribution in [2.24, 2.45) is 5.16 Å². The van der Waals surface area contributed by atoms with Gasteiger partial charge in [0.1, 0.15) is 5.82 Å². The van der Waals surface area contributed by atoms with Crippen LogP contribution in [0.2, 0.25) is 0 Å². The zero-order valence-corrected chi connectivity index (χ0v) is 15.6. The number of amides is 1. The van der Waals surface area contributed by atoms with Gasteiger partial charge in [-0.05, 0) is 24.3 Å². The molecule has 0 saturated carbocycles. The molecule has 7 heteroatoms. The summed E-state index contributed by atoms with van der Waals surface area (Å²) < 4.78 is 24.7. The van der Waals surface area contributed by atoms with Crippen LogP contribution in [0.25, 0.3) is 0 Å². The third kappa shape index (κ3) is 3.78. The molecule has 2 aliphatic rings. The van der Waals surface area contributed by atoms with Gasteiger partial charge in [0.15, 0.2) is 17.6 Å². The smallest absolute Gasteiger partial charge is 0.231 e. The lowest BCUT2D eigenvalue weighted by molar-refractivity contribution is -0.133. The first-order valence-electron chi connectivity index (χ1n) is 9.28. The van der Waals surface area contributed by atoms with Gasteiger partial charge in [0.05, 0.1) is 12.3 Å².